The molecule has 0 saturated carbocycles. The second-order valence-electron chi connectivity index (χ2n) is 4.17. The van der Waals surface area contributed by atoms with Crippen molar-refractivity contribution in [2.24, 2.45) is 23.7 Å². The van der Waals surface area contributed by atoms with E-state index in [-0.39, 0.29) is 5.78 Å². The fraction of sp³-hybridized carbons (Fsp3) is 0.727. The highest BCUT2D eigenvalue weighted by atomic mass is 35.5. The van der Waals surface area contributed by atoms with Crippen LogP contribution in [0.3, 0.4) is 0 Å². The van der Waals surface area contributed by atoms with Crippen LogP contribution in [0, 0.1) is 23.7 Å². The zero-order valence-electron chi connectivity index (χ0n) is 9.79. The van der Waals surface area contributed by atoms with E-state index in [2.05, 4.69) is 0 Å². The van der Waals surface area contributed by atoms with E-state index in [0.717, 1.165) is 0 Å². The van der Waals surface area contributed by atoms with Crippen molar-refractivity contribution < 1.29 is 14.4 Å². The number of Topliss-reactive ketones (excluding diaryl/α,β-unsaturated/α-hetero) is 1. The maximum atomic E-state index is 11.9. The van der Waals surface area contributed by atoms with Crippen LogP contribution >= 0.6 is 23.2 Å². The highest BCUT2D eigenvalue weighted by Gasteiger charge is 2.32. The van der Waals surface area contributed by atoms with Crippen LogP contribution in [-0.2, 0) is 14.4 Å². The minimum absolute atomic E-state index is 0.164. The van der Waals surface area contributed by atoms with Crippen LogP contribution < -0.4 is 0 Å². The summed E-state index contributed by atoms with van der Waals surface area (Å²) in [4.78, 5) is 33.8. The van der Waals surface area contributed by atoms with Crippen LogP contribution in [0.15, 0.2) is 0 Å². The van der Waals surface area contributed by atoms with Gasteiger partial charge in [-0.3, -0.25) is 14.4 Å². The number of hydrogen-bond donors (Lipinski definition) is 0. The van der Waals surface area contributed by atoms with Crippen molar-refractivity contribution >= 4 is 39.5 Å². The van der Waals surface area contributed by atoms with E-state index in [4.69, 9.17) is 23.2 Å². The zero-order valence-corrected chi connectivity index (χ0v) is 11.3. The molecule has 5 heteroatoms. The summed E-state index contributed by atoms with van der Waals surface area (Å²) in [6, 6.07) is 0. The normalized spacial score (nSPS) is 18.4. The lowest BCUT2D eigenvalue weighted by Gasteiger charge is -2.21. The molecular weight excluding hydrogens is 251 g/mol. The van der Waals surface area contributed by atoms with Gasteiger partial charge < -0.3 is 0 Å². The first kappa shape index (κ1) is 15.6. The summed E-state index contributed by atoms with van der Waals surface area (Å²) in [5, 5.41) is -1.09. The molecular formula is C11H16Cl2O3. The number of hydrogen-bond acceptors (Lipinski definition) is 3. The van der Waals surface area contributed by atoms with Crippen molar-refractivity contribution in [1.82, 2.24) is 0 Å². The number of carbonyl (C=O) groups excluding carboxylic acids is 3. The summed E-state index contributed by atoms with van der Waals surface area (Å²) in [6.45, 7) is 6.46. The van der Waals surface area contributed by atoms with Gasteiger partial charge in [0.1, 0.15) is 5.78 Å². The molecule has 0 fully saturated rings. The van der Waals surface area contributed by atoms with Gasteiger partial charge in [0.25, 0.3) is 0 Å². The lowest BCUT2D eigenvalue weighted by Crippen LogP contribution is -2.32. The molecule has 4 atom stereocenters. The third-order valence-corrected chi connectivity index (χ3v) is 3.80. The lowest BCUT2D eigenvalue weighted by atomic mass is 9.82. The summed E-state index contributed by atoms with van der Waals surface area (Å²) in [6.07, 6.45) is 0. The van der Waals surface area contributed by atoms with Gasteiger partial charge in [-0.25, -0.2) is 0 Å². The first-order chi connectivity index (χ1) is 7.20. The summed E-state index contributed by atoms with van der Waals surface area (Å²) in [5.74, 6) is -2.26. The van der Waals surface area contributed by atoms with Gasteiger partial charge in [-0.05, 0) is 23.2 Å². The van der Waals surface area contributed by atoms with E-state index in [1.54, 1.807) is 27.7 Å². The average Bonchev–Trinajstić information content (AvgIpc) is 2.23. The predicted octanol–water partition coefficient (Wildman–Crippen LogP) is 2.63. The van der Waals surface area contributed by atoms with E-state index in [0.29, 0.717) is 0 Å². The smallest absolute Gasteiger partial charge is 0.225 e. The molecule has 0 aliphatic heterocycles. The molecule has 0 aromatic carbocycles. The maximum Gasteiger partial charge on any atom is 0.225 e. The number of carbonyl (C=O) groups is 3. The molecule has 0 amide bonds. The first-order valence-electron chi connectivity index (χ1n) is 5.12. The Labute approximate surface area is 105 Å². The van der Waals surface area contributed by atoms with E-state index >= 15 is 0 Å². The molecule has 3 nitrogen and oxygen atoms in total. The Kier molecular flexibility index (Phi) is 6.19. The molecule has 4 unspecified atom stereocenters. The Balaban J connectivity index is 4.67. The topological polar surface area (TPSA) is 51.2 Å². The van der Waals surface area contributed by atoms with Crippen molar-refractivity contribution in [1.29, 1.82) is 0 Å². The van der Waals surface area contributed by atoms with Crippen molar-refractivity contribution in [3.05, 3.63) is 0 Å². The average molecular weight is 267 g/mol. The van der Waals surface area contributed by atoms with Gasteiger partial charge in [0, 0.05) is 23.7 Å². The largest absolute Gasteiger partial charge is 0.299 e. The monoisotopic (exact) mass is 266 g/mol. The van der Waals surface area contributed by atoms with Crippen LogP contribution in [0.4, 0.5) is 0 Å². The van der Waals surface area contributed by atoms with Crippen molar-refractivity contribution in [2.45, 2.75) is 27.7 Å². The molecule has 16 heavy (non-hydrogen) atoms. The molecule has 0 aliphatic carbocycles. The van der Waals surface area contributed by atoms with Crippen LogP contribution in [0.2, 0.25) is 0 Å². The molecule has 0 spiro atoms. The highest BCUT2D eigenvalue weighted by molar-refractivity contribution is 6.64. The van der Waals surface area contributed by atoms with E-state index < -0.39 is 34.2 Å². The molecule has 0 rings (SSSR count). The van der Waals surface area contributed by atoms with Crippen LogP contribution in [0.25, 0.3) is 0 Å². The first-order valence-corrected chi connectivity index (χ1v) is 5.88. The Morgan fingerprint density at radius 3 is 1.12 bits per heavy atom. The zero-order chi connectivity index (χ0) is 13.0. The van der Waals surface area contributed by atoms with E-state index in [1.165, 1.54) is 0 Å². The van der Waals surface area contributed by atoms with Crippen molar-refractivity contribution in [3.63, 3.8) is 0 Å². The molecule has 0 saturated heterocycles. The highest BCUT2D eigenvalue weighted by Crippen LogP contribution is 2.24. The molecule has 0 aromatic rings. The molecule has 0 aliphatic rings. The fourth-order valence-corrected chi connectivity index (χ4v) is 1.68. The van der Waals surface area contributed by atoms with Gasteiger partial charge in [0.2, 0.25) is 10.5 Å². The number of rotatable bonds is 6. The second kappa shape index (κ2) is 6.36. The maximum absolute atomic E-state index is 11.9. The Bertz CT molecular complexity index is 274. The third kappa shape index (κ3) is 3.87. The van der Waals surface area contributed by atoms with Gasteiger partial charge in [0.15, 0.2) is 0 Å². The molecule has 0 heterocycles. The Hall–Kier alpha value is -0.410. The summed E-state index contributed by atoms with van der Waals surface area (Å²) < 4.78 is 0. The fourth-order valence-electron chi connectivity index (χ4n) is 1.30. The number of ketones is 1. The predicted molar refractivity (Wildman–Crippen MR) is 63.4 cm³/mol. The molecule has 0 aromatic heterocycles. The molecule has 0 N–H and O–H groups in total. The Morgan fingerprint density at radius 1 is 0.688 bits per heavy atom. The van der Waals surface area contributed by atoms with E-state index in [1.807, 2.05) is 0 Å². The second-order valence-corrected chi connectivity index (χ2v) is 4.91. The standard InChI is InChI=1S/C11H16Cl2O3/c1-5(7(3)10(12)15)9(14)6(2)8(4)11(13)16/h5-8H,1-4H3. The summed E-state index contributed by atoms with van der Waals surface area (Å²) in [5.41, 5.74) is 0. The summed E-state index contributed by atoms with van der Waals surface area (Å²) in [7, 11) is 0. The SMILES string of the molecule is CC(C(=O)Cl)C(C)C(=O)C(C)C(C)C(=O)Cl. The molecule has 0 bridgehead atoms. The van der Waals surface area contributed by atoms with Gasteiger partial charge in [0.05, 0.1) is 0 Å². The molecule has 0 radical (unpaired) electrons. The summed E-state index contributed by atoms with van der Waals surface area (Å²) >= 11 is 10.7. The van der Waals surface area contributed by atoms with Gasteiger partial charge in [-0.1, -0.05) is 27.7 Å². The van der Waals surface area contributed by atoms with Crippen LogP contribution in [0.1, 0.15) is 27.7 Å². The van der Waals surface area contributed by atoms with Crippen molar-refractivity contribution in [2.75, 3.05) is 0 Å². The van der Waals surface area contributed by atoms with Gasteiger partial charge in [-0.2, -0.15) is 0 Å². The lowest BCUT2D eigenvalue weighted by molar-refractivity contribution is -0.133. The Morgan fingerprint density at radius 2 is 0.938 bits per heavy atom. The van der Waals surface area contributed by atoms with Crippen LogP contribution in [0.5, 0.6) is 0 Å². The van der Waals surface area contributed by atoms with E-state index in [9.17, 15) is 14.4 Å². The van der Waals surface area contributed by atoms with Crippen molar-refractivity contribution in [3.8, 4) is 0 Å². The van der Waals surface area contributed by atoms with Crippen LogP contribution in [-0.4, -0.2) is 16.3 Å². The van der Waals surface area contributed by atoms with Gasteiger partial charge >= 0.3 is 0 Å². The molecule has 92 valence electrons. The quantitative estimate of drug-likeness (QED) is 0.695. The minimum atomic E-state index is -0.547. The third-order valence-electron chi connectivity index (χ3n) is 3.11. The van der Waals surface area contributed by atoms with Gasteiger partial charge in [-0.15, -0.1) is 0 Å². The minimum Gasteiger partial charge on any atom is -0.299 e. The number of halogens is 2.